The predicted octanol–water partition coefficient (Wildman–Crippen LogP) is 2.54. The molecule has 6 nitrogen and oxygen atoms in total. The summed E-state index contributed by atoms with van der Waals surface area (Å²) in [6.07, 6.45) is 2.55. The minimum atomic E-state index is -0.498. The summed E-state index contributed by atoms with van der Waals surface area (Å²) in [4.78, 5) is 16.3. The van der Waals surface area contributed by atoms with Crippen LogP contribution >= 0.6 is 0 Å². The number of nitrogens with one attached hydrogen (secondary N) is 1. The standard InChI is InChI=1S/C21H25N5O/c1-3-14-12-25-19-16(10-7-11-17(19)21(22)27)20(14)26(23)18(13-24-2)15-8-5-4-6-9-15/h4-12,18,24H,3,13,23H2,1-2H3,(H2,22,27)/t18-/m1/s1. The minimum absolute atomic E-state index is 0.0793. The van der Waals surface area contributed by atoms with E-state index in [4.69, 9.17) is 11.6 Å². The molecule has 0 radical (unpaired) electrons. The maximum Gasteiger partial charge on any atom is 0.250 e. The number of fused-ring (bicyclic) bond motifs is 1. The van der Waals surface area contributed by atoms with Gasteiger partial charge >= 0.3 is 0 Å². The number of amides is 1. The second-order valence-electron chi connectivity index (χ2n) is 6.44. The summed E-state index contributed by atoms with van der Waals surface area (Å²) in [5.41, 5.74) is 9.50. The number of primary amides is 1. The fourth-order valence-corrected chi connectivity index (χ4v) is 3.41. The summed E-state index contributed by atoms with van der Waals surface area (Å²) in [5.74, 6) is 6.18. The van der Waals surface area contributed by atoms with E-state index in [2.05, 4.69) is 29.4 Å². The lowest BCUT2D eigenvalue weighted by Gasteiger charge is -2.32. The van der Waals surface area contributed by atoms with Crippen LogP contribution in [0.15, 0.2) is 54.7 Å². The van der Waals surface area contributed by atoms with Crippen LogP contribution in [-0.2, 0) is 6.42 Å². The van der Waals surface area contributed by atoms with Gasteiger partial charge in [0.1, 0.15) is 0 Å². The number of pyridine rings is 1. The molecule has 6 heteroatoms. The highest BCUT2D eigenvalue weighted by molar-refractivity contribution is 6.08. The average Bonchev–Trinajstić information content (AvgIpc) is 2.70. The van der Waals surface area contributed by atoms with Gasteiger partial charge in [-0.1, -0.05) is 49.4 Å². The number of carbonyl (C=O) groups excluding carboxylic acids is 1. The third kappa shape index (κ3) is 3.63. The lowest BCUT2D eigenvalue weighted by Crippen LogP contribution is -2.41. The van der Waals surface area contributed by atoms with Gasteiger partial charge in [-0.2, -0.15) is 0 Å². The first kappa shape index (κ1) is 18.8. The monoisotopic (exact) mass is 363 g/mol. The molecule has 1 atom stereocenters. The number of aromatic nitrogens is 1. The van der Waals surface area contributed by atoms with Gasteiger partial charge in [0.05, 0.1) is 22.8 Å². The quantitative estimate of drug-likeness (QED) is 0.443. The molecule has 0 aliphatic carbocycles. The Morgan fingerprint density at radius 2 is 1.93 bits per heavy atom. The zero-order chi connectivity index (χ0) is 19.4. The Kier molecular flexibility index (Phi) is 5.69. The maximum atomic E-state index is 11.8. The van der Waals surface area contributed by atoms with Crippen LogP contribution in [0.5, 0.6) is 0 Å². The van der Waals surface area contributed by atoms with E-state index in [0.717, 1.165) is 28.6 Å². The van der Waals surface area contributed by atoms with E-state index in [9.17, 15) is 4.79 Å². The van der Waals surface area contributed by atoms with E-state index in [0.29, 0.717) is 17.6 Å². The molecular formula is C21H25N5O. The van der Waals surface area contributed by atoms with Gasteiger partial charge in [-0.25, -0.2) is 5.84 Å². The molecule has 1 amide bonds. The van der Waals surface area contributed by atoms with Crippen molar-refractivity contribution in [3.05, 3.63) is 71.4 Å². The summed E-state index contributed by atoms with van der Waals surface area (Å²) in [6.45, 7) is 2.73. The Morgan fingerprint density at radius 1 is 1.19 bits per heavy atom. The zero-order valence-corrected chi connectivity index (χ0v) is 15.6. The number of hydrazine groups is 1. The topological polar surface area (TPSA) is 97.3 Å². The van der Waals surface area contributed by atoms with Crippen molar-refractivity contribution in [1.29, 1.82) is 0 Å². The highest BCUT2D eigenvalue weighted by atomic mass is 16.1. The highest BCUT2D eigenvalue weighted by Gasteiger charge is 2.23. The molecule has 27 heavy (non-hydrogen) atoms. The fraction of sp³-hybridized carbons (Fsp3) is 0.238. The van der Waals surface area contributed by atoms with Crippen molar-refractivity contribution in [2.75, 3.05) is 18.6 Å². The normalized spacial score (nSPS) is 12.1. The van der Waals surface area contributed by atoms with Crippen LogP contribution in [0.3, 0.4) is 0 Å². The fourth-order valence-electron chi connectivity index (χ4n) is 3.41. The molecule has 0 fully saturated rings. The number of nitrogens with two attached hydrogens (primary N) is 2. The molecule has 0 saturated carbocycles. The minimum Gasteiger partial charge on any atom is -0.366 e. The van der Waals surface area contributed by atoms with Crippen LogP contribution in [0.4, 0.5) is 5.69 Å². The third-order valence-corrected chi connectivity index (χ3v) is 4.77. The highest BCUT2D eigenvalue weighted by Crippen LogP contribution is 2.34. The van der Waals surface area contributed by atoms with Crippen LogP contribution in [0.25, 0.3) is 10.9 Å². The first-order chi connectivity index (χ1) is 13.1. The van der Waals surface area contributed by atoms with Crippen molar-refractivity contribution in [2.24, 2.45) is 11.6 Å². The first-order valence-corrected chi connectivity index (χ1v) is 9.02. The number of likely N-dealkylation sites (N-methyl/N-ethyl adjacent to an activating group) is 1. The van der Waals surface area contributed by atoms with E-state index < -0.39 is 5.91 Å². The molecule has 0 spiro atoms. The van der Waals surface area contributed by atoms with Crippen molar-refractivity contribution in [2.45, 2.75) is 19.4 Å². The second kappa shape index (κ2) is 8.16. The number of aryl methyl sites for hydroxylation is 1. The summed E-state index contributed by atoms with van der Waals surface area (Å²) < 4.78 is 0. The maximum absolute atomic E-state index is 11.8. The number of carbonyl (C=O) groups is 1. The summed E-state index contributed by atoms with van der Waals surface area (Å²) in [5, 5.41) is 5.82. The van der Waals surface area contributed by atoms with Crippen LogP contribution in [0.1, 0.15) is 34.5 Å². The van der Waals surface area contributed by atoms with E-state index in [1.54, 1.807) is 17.3 Å². The number of nitrogens with zero attached hydrogens (tertiary/aromatic N) is 2. The van der Waals surface area contributed by atoms with Crippen molar-refractivity contribution in [3.63, 3.8) is 0 Å². The molecule has 0 aliphatic rings. The van der Waals surface area contributed by atoms with E-state index in [1.807, 2.05) is 37.4 Å². The van der Waals surface area contributed by atoms with Gasteiger partial charge in [-0.05, 0) is 30.7 Å². The van der Waals surface area contributed by atoms with Gasteiger partial charge in [0.15, 0.2) is 0 Å². The SMILES string of the molecule is CCc1cnc2c(C(N)=O)cccc2c1N(N)[C@H](CNC)c1ccccc1. The van der Waals surface area contributed by atoms with Gasteiger partial charge < -0.3 is 16.1 Å². The smallest absolute Gasteiger partial charge is 0.250 e. The molecule has 0 aliphatic heterocycles. The van der Waals surface area contributed by atoms with Gasteiger partial charge in [0, 0.05) is 18.1 Å². The van der Waals surface area contributed by atoms with Gasteiger partial charge in [0.2, 0.25) is 0 Å². The molecule has 0 saturated heterocycles. The second-order valence-corrected chi connectivity index (χ2v) is 6.44. The van der Waals surface area contributed by atoms with Crippen LogP contribution in [0, 0.1) is 0 Å². The number of hydrogen-bond donors (Lipinski definition) is 3. The van der Waals surface area contributed by atoms with Gasteiger partial charge in [-0.15, -0.1) is 0 Å². The summed E-state index contributed by atoms with van der Waals surface area (Å²) in [6, 6.07) is 15.5. The van der Waals surface area contributed by atoms with Crippen LogP contribution in [0.2, 0.25) is 0 Å². The van der Waals surface area contributed by atoms with Crippen LogP contribution in [-0.4, -0.2) is 24.5 Å². The summed E-state index contributed by atoms with van der Waals surface area (Å²) >= 11 is 0. The average molecular weight is 363 g/mol. The number of para-hydroxylation sites is 1. The Bertz CT molecular complexity index is 942. The molecule has 1 heterocycles. The largest absolute Gasteiger partial charge is 0.366 e. The molecular weight excluding hydrogens is 338 g/mol. The Morgan fingerprint density at radius 3 is 2.56 bits per heavy atom. The van der Waals surface area contributed by atoms with Crippen LogP contribution < -0.4 is 21.9 Å². The number of hydrogen-bond acceptors (Lipinski definition) is 5. The molecule has 1 aromatic heterocycles. The van der Waals surface area contributed by atoms with E-state index in [-0.39, 0.29) is 6.04 Å². The predicted molar refractivity (Wildman–Crippen MR) is 109 cm³/mol. The zero-order valence-electron chi connectivity index (χ0n) is 15.6. The van der Waals surface area contributed by atoms with Gasteiger partial charge in [-0.3, -0.25) is 9.78 Å². The Labute approximate surface area is 159 Å². The first-order valence-electron chi connectivity index (χ1n) is 9.02. The van der Waals surface area contributed by atoms with Crippen molar-refractivity contribution in [3.8, 4) is 0 Å². The molecule has 0 unspecified atom stereocenters. The number of rotatable bonds is 7. The molecule has 2 aromatic carbocycles. The molecule has 0 bridgehead atoms. The number of anilines is 1. The molecule has 140 valence electrons. The molecule has 3 rings (SSSR count). The Balaban J connectivity index is 2.21. The summed E-state index contributed by atoms with van der Waals surface area (Å²) in [7, 11) is 1.90. The van der Waals surface area contributed by atoms with Crippen molar-refractivity contribution < 1.29 is 4.79 Å². The third-order valence-electron chi connectivity index (χ3n) is 4.77. The van der Waals surface area contributed by atoms with Crippen molar-refractivity contribution in [1.82, 2.24) is 10.3 Å². The van der Waals surface area contributed by atoms with Crippen molar-refractivity contribution >= 4 is 22.5 Å². The van der Waals surface area contributed by atoms with Gasteiger partial charge in [0.25, 0.3) is 5.91 Å². The lowest BCUT2D eigenvalue weighted by atomic mass is 10.0. The number of benzene rings is 2. The molecule has 3 aromatic rings. The van der Waals surface area contributed by atoms with E-state index in [1.165, 1.54) is 0 Å². The lowest BCUT2D eigenvalue weighted by molar-refractivity contribution is 0.100. The van der Waals surface area contributed by atoms with E-state index >= 15 is 0 Å². The Hall–Kier alpha value is -2.96. The molecule has 5 N–H and O–H groups in total.